The smallest absolute Gasteiger partial charge is 0.330 e. The van der Waals surface area contributed by atoms with Crippen LogP contribution < -0.4 is 0 Å². The van der Waals surface area contributed by atoms with Gasteiger partial charge in [0, 0.05) is 12.7 Å². The molecule has 0 fully saturated rings. The molecule has 1 N–H and O–H groups in total. The zero-order valence-corrected chi connectivity index (χ0v) is 15.3. The summed E-state index contributed by atoms with van der Waals surface area (Å²) in [5, 5.41) is 8.75. The van der Waals surface area contributed by atoms with Crippen molar-refractivity contribution in [2.45, 2.75) is 79.1 Å². The highest BCUT2D eigenvalue weighted by Gasteiger charge is 2.07. The van der Waals surface area contributed by atoms with E-state index in [-0.39, 0.29) is 5.97 Å². The number of aliphatic hydroxyl groups excluding tert-OH is 1. The molecule has 3 heteroatoms. The lowest BCUT2D eigenvalue weighted by atomic mass is 10.0. The molecule has 132 valence electrons. The molecule has 0 aliphatic carbocycles. The lowest BCUT2D eigenvalue weighted by Gasteiger charge is -2.13. The Labute approximate surface area is 138 Å². The van der Waals surface area contributed by atoms with E-state index in [0.29, 0.717) is 25.0 Å². The van der Waals surface area contributed by atoms with Crippen molar-refractivity contribution in [3.63, 3.8) is 0 Å². The molecule has 0 aromatic carbocycles. The van der Waals surface area contributed by atoms with Crippen LogP contribution in [-0.4, -0.2) is 24.3 Å². The van der Waals surface area contributed by atoms with Crippen LogP contribution >= 0.6 is 0 Å². The van der Waals surface area contributed by atoms with Crippen LogP contribution in [0, 0.1) is 11.8 Å². The van der Waals surface area contributed by atoms with Gasteiger partial charge >= 0.3 is 5.97 Å². The summed E-state index contributed by atoms with van der Waals surface area (Å²) >= 11 is 0. The number of carbonyl (C=O) groups is 1. The first-order valence-electron chi connectivity index (χ1n) is 8.99. The standard InChI is InChI=1S/C11H20O2.C8H18O/c1-4-7-8-10(5-2)9-13-11(12)6-3;1-3-5-6-8(4-2)7-9/h6,10H,3-5,7-9H2,1-2H3;8-9H,3-7H2,1-2H3. The van der Waals surface area contributed by atoms with Crippen molar-refractivity contribution < 1.29 is 14.6 Å². The van der Waals surface area contributed by atoms with E-state index in [4.69, 9.17) is 9.84 Å². The van der Waals surface area contributed by atoms with Gasteiger partial charge in [-0.2, -0.15) is 0 Å². The molecular formula is C19H38O3. The summed E-state index contributed by atoms with van der Waals surface area (Å²) in [6, 6.07) is 0. The van der Waals surface area contributed by atoms with Gasteiger partial charge in [0.25, 0.3) is 0 Å². The van der Waals surface area contributed by atoms with Crippen molar-refractivity contribution in [1.29, 1.82) is 0 Å². The number of aliphatic hydroxyl groups is 1. The van der Waals surface area contributed by atoms with Crippen LogP contribution in [-0.2, 0) is 9.53 Å². The monoisotopic (exact) mass is 314 g/mol. The second-order valence-electron chi connectivity index (χ2n) is 5.85. The predicted octanol–water partition coefficient (Wildman–Crippen LogP) is 5.13. The minimum Gasteiger partial charge on any atom is -0.462 e. The Kier molecular flexibility index (Phi) is 19.4. The average molecular weight is 315 g/mol. The Morgan fingerprint density at radius 1 is 1.05 bits per heavy atom. The fourth-order valence-electron chi connectivity index (χ4n) is 2.07. The van der Waals surface area contributed by atoms with E-state index in [2.05, 4.69) is 34.3 Å². The number of carbonyl (C=O) groups excluding carboxylic acids is 1. The van der Waals surface area contributed by atoms with Crippen molar-refractivity contribution >= 4 is 5.97 Å². The molecule has 0 aromatic heterocycles. The second kappa shape index (κ2) is 18.2. The van der Waals surface area contributed by atoms with Crippen molar-refractivity contribution in [1.82, 2.24) is 0 Å². The molecular weight excluding hydrogens is 276 g/mol. The van der Waals surface area contributed by atoms with E-state index in [0.717, 1.165) is 19.3 Å². The highest BCUT2D eigenvalue weighted by molar-refractivity contribution is 5.81. The highest BCUT2D eigenvalue weighted by Crippen LogP contribution is 2.12. The third-order valence-electron chi connectivity index (χ3n) is 3.97. The third-order valence-corrected chi connectivity index (χ3v) is 3.97. The van der Waals surface area contributed by atoms with Crippen LogP contribution in [0.2, 0.25) is 0 Å². The van der Waals surface area contributed by atoms with Gasteiger partial charge in [0.2, 0.25) is 0 Å². The van der Waals surface area contributed by atoms with Crippen LogP contribution in [0.4, 0.5) is 0 Å². The van der Waals surface area contributed by atoms with Gasteiger partial charge in [-0.25, -0.2) is 4.79 Å². The number of ether oxygens (including phenoxy) is 1. The lowest BCUT2D eigenvalue weighted by molar-refractivity contribution is -0.139. The van der Waals surface area contributed by atoms with E-state index < -0.39 is 0 Å². The zero-order valence-electron chi connectivity index (χ0n) is 15.3. The first-order chi connectivity index (χ1) is 10.6. The van der Waals surface area contributed by atoms with E-state index in [1.165, 1.54) is 38.2 Å². The van der Waals surface area contributed by atoms with Gasteiger partial charge in [-0.05, 0) is 24.7 Å². The van der Waals surface area contributed by atoms with Crippen molar-refractivity contribution in [3.8, 4) is 0 Å². The molecule has 22 heavy (non-hydrogen) atoms. The van der Waals surface area contributed by atoms with Gasteiger partial charge < -0.3 is 9.84 Å². The number of unbranched alkanes of at least 4 members (excludes halogenated alkanes) is 2. The summed E-state index contributed by atoms with van der Waals surface area (Å²) in [6.07, 6.45) is 10.7. The summed E-state index contributed by atoms with van der Waals surface area (Å²) in [6.45, 7) is 12.9. The number of hydrogen-bond acceptors (Lipinski definition) is 3. The van der Waals surface area contributed by atoms with Gasteiger partial charge in [-0.3, -0.25) is 0 Å². The predicted molar refractivity (Wildman–Crippen MR) is 94.9 cm³/mol. The van der Waals surface area contributed by atoms with Crippen LogP contribution in [0.5, 0.6) is 0 Å². The summed E-state index contributed by atoms with van der Waals surface area (Å²) in [5.74, 6) is 0.767. The molecule has 0 spiro atoms. The quantitative estimate of drug-likeness (QED) is 0.401. The van der Waals surface area contributed by atoms with Gasteiger partial charge in [0.1, 0.15) is 0 Å². The molecule has 0 heterocycles. The van der Waals surface area contributed by atoms with Crippen molar-refractivity contribution in [2.75, 3.05) is 13.2 Å². The SMILES string of the molecule is C=CC(=O)OCC(CC)CCCC.CCCCC(CC)CO. The van der Waals surface area contributed by atoms with Crippen molar-refractivity contribution in [2.24, 2.45) is 11.8 Å². The summed E-state index contributed by atoms with van der Waals surface area (Å²) < 4.78 is 4.98. The third kappa shape index (κ3) is 15.6. The van der Waals surface area contributed by atoms with Crippen LogP contribution in [0.3, 0.4) is 0 Å². The van der Waals surface area contributed by atoms with E-state index in [1.807, 2.05) is 0 Å². The first-order valence-corrected chi connectivity index (χ1v) is 8.99. The van der Waals surface area contributed by atoms with Gasteiger partial charge in [0.15, 0.2) is 0 Å². The Morgan fingerprint density at radius 2 is 1.55 bits per heavy atom. The van der Waals surface area contributed by atoms with Gasteiger partial charge in [-0.15, -0.1) is 0 Å². The molecule has 0 aliphatic rings. The molecule has 3 nitrogen and oxygen atoms in total. The molecule has 2 unspecified atom stereocenters. The molecule has 0 radical (unpaired) electrons. The average Bonchev–Trinajstić information content (AvgIpc) is 2.56. The molecule has 0 saturated carbocycles. The number of hydrogen-bond donors (Lipinski definition) is 1. The van der Waals surface area contributed by atoms with E-state index >= 15 is 0 Å². The largest absolute Gasteiger partial charge is 0.462 e. The minimum atomic E-state index is -0.310. The van der Waals surface area contributed by atoms with Crippen LogP contribution in [0.15, 0.2) is 12.7 Å². The topological polar surface area (TPSA) is 46.5 Å². The van der Waals surface area contributed by atoms with Crippen molar-refractivity contribution in [3.05, 3.63) is 12.7 Å². The van der Waals surface area contributed by atoms with E-state index in [9.17, 15) is 4.79 Å². The van der Waals surface area contributed by atoms with Crippen LogP contribution in [0.1, 0.15) is 79.1 Å². The molecule has 0 aromatic rings. The Morgan fingerprint density at radius 3 is 1.91 bits per heavy atom. The zero-order chi connectivity index (χ0) is 17.2. The lowest BCUT2D eigenvalue weighted by Crippen LogP contribution is -2.12. The van der Waals surface area contributed by atoms with Gasteiger partial charge in [0.05, 0.1) is 6.61 Å². The maximum absolute atomic E-state index is 10.8. The maximum atomic E-state index is 10.8. The number of rotatable bonds is 12. The molecule has 0 amide bonds. The normalized spacial score (nSPS) is 12.8. The molecule has 0 saturated heterocycles. The fraction of sp³-hybridized carbons (Fsp3) is 0.842. The van der Waals surface area contributed by atoms with E-state index in [1.54, 1.807) is 0 Å². The molecule has 0 aliphatic heterocycles. The van der Waals surface area contributed by atoms with Crippen LogP contribution in [0.25, 0.3) is 0 Å². The first kappa shape index (κ1) is 23.4. The summed E-state index contributed by atoms with van der Waals surface area (Å²) in [5.41, 5.74) is 0. The molecule has 0 bridgehead atoms. The maximum Gasteiger partial charge on any atom is 0.330 e. The Hall–Kier alpha value is -0.830. The Bertz CT molecular complexity index is 247. The highest BCUT2D eigenvalue weighted by atomic mass is 16.5. The minimum absolute atomic E-state index is 0.310. The Balaban J connectivity index is 0. The summed E-state index contributed by atoms with van der Waals surface area (Å²) in [4.78, 5) is 10.8. The summed E-state index contributed by atoms with van der Waals surface area (Å²) in [7, 11) is 0. The van der Waals surface area contributed by atoms with Gasteiger partial charge in [-0.1, -0.05) is 72.8 Å². The second-order valence-corrected chi connectivity index (χ2v) is 5.85. The molecule has 2 atom stereocenters. The fourth-order valence-corrected chi connectivity index (χ4v) is 2.07. The molecule has 0 rings (SSSR count). The number of esters is 1.